The van der Waals surface area contributed by atoms with Crippen molar-refractivity contribution in [1.29, 1.82) is 0 Å². The second kappa shape index (κ2) is 6.62. The molecule has 0 aromatic heterocycles. The predicted molar refractivity (Wildman–Crippen MR) is 47.9 cm³/mol. The zero-order valence-corrected chi connectivity index (χ0v) is 7.51. The topological polar surface area (TPSA) is 83.8 Å². The second-order valence-electron chi connectivity index (χ2n) is 2.37. The van der Waals surface area contributed by atoms with Crippen molar-refractivity contribution in [2.24, 2.45) is 0 Å². The summed E-state index contributed by atoms with van der Waals surface area (Å²) >= 11 is 0. The Hall–Kier alpha value is -1.88. The Kier molecular flexibility index (Phi) is 5.73. The third-order valence-electron chi connectivity index (χ3n) is 1.34. The molecule has 1 aromatic carbocycles. The van der Waals surface area contributed by atoms with Crippen molar-refractivity contribution in [3.8, 4) is 0 Å². The molecule has 0 amide bonds. The molecule has 0 aliphatic rings. The molecule has 0 fully saturated rings. The van der Waals surface area contributed by atoms with Gasteiger partial charge in [-0.05, 0) is 19.1 Å². The van der Waals surface area contributed by atoms with E-state index in [1.54, 1.807) is 24.3 Å². The van der Waals surface area contributed by atoms with Gasteiger partial charge in [0.15, 0.2) is 0 Å². The second-order valence-corrected chi connectivity index (χ2v) is 2.37. The van der Waals surface area contributed by atoms with Gasteiger partial charge in [0.05, 0.1) is 5.56 Å². The smallest absolute Gasteiger partial charge is 0.335 e. The van der Waals surface area contributed by atoms with Gasteiger partial charge in [-0.3, -0.25) is 4.79 Å². The van der Waals surface area contributed by atoms with Gasteiger partial charge in [0.1, 0.15) is 0 Å². The minimum Gasteiger partial charge on any atom is -0.478 e. The molecule has 0 heterocycles. The SMILES string of the molecule is Cc1ccc(C(=O)O)cc1.O=COO. The Morgan fingerprint density at radius 1 is 1.36 bits per heavy atom. The number of hydrogen-bond acceptors (Lipinski definition) is 4. The van der Waals surface area contributed by atoms with Crippen LogP contribution in [0.25, 0.3) is 0 Å². The predicted octanol–water partition coefficient (Wildman–Crippen LogP) is 1.33. The average Bonchev–Trinajstić information content (AvgIpc) is 2.19. The van der Waals surface area contributed by atoms with Crippen molar-refractivity contribution in [3.05, 3.63) is 35.4 Å². The van der Waals surface area contributed by atoms with Crippen molar-refractivity contribution >= 4 is 12.4 Å². The van der Waals surface area contributed by atoms with E-state index in [0.29, 0.717) is 5.56 Å². The minimum atomic E-state index is -0.875. The first kappa shape index (κ1) is 12.1. The molecule has 76 valence electrons. The lowest BCUT2D eigenvalue weighted by atomic mass is 10.2. The van der Waals surface area contributed by atoms with Gasteiger partial charge >= 0.3 is 12.4 Å². The van der Waals surface area contributed by atoms with E-state index >= 15 is 0 Å². The molecule has 0 saturated heterocycles. The fourth-order valence-corrected chi connectivity index (χ4v) is 0.696. The summed E-state index contributed by atoms with van der Waals surface area (Å²) in [6.07, 6.45) is 0. The molecule has 0 aliphatic heterocycles. The van der Waals surface area contributed by atoms with Gasteiger partial charge in [0.2, 0.25) is 0 Å². The lowest BCUT2D eigenvalue weighted by molar-refractivity contribution is -0.217. The molecule has 5 heteroatoms. The fourth-order valence-electron chi connectivity index (χ4n) is 0.696. The molecular weight excluding hydrogens is 188 g/mol. The van der Waals surface area contributed by atoms with Crippen molar-refractivity contribution < 1.29 is 24.8 Å². The van der Waals surface area contributed by atoms with Crippen LogP contribution in [0.5, 0.6) is 0 Å². The van der Waals surface area contributed by atoms with Gasteiger partial charge in [-0.25, -0.2) is 10.1 Å². The van der Waals surface area contributed by atoms with E-state index in [-0.39, 0.29) is 6.47 Å². The molecule has 0 aliphatic carbocycles. The standard InChI is InChI=1S/C8H8O2.CH2O3/c1-6-2-4-7(5-3-6)8(9)10;2-1-4-3/h2-5H,1H3,(H,9,10);1,3H. The van der Waals surface area contributed by atoms with Crippen LogP contribution >= 0.6 is 0 Å². The average molecular weight is 198 g/mol. The summed E-state index contributed by atoms with van der Waals surface area (Å²) in [5.41, 5.74) is 1.41. The number of hydrogen-bond donors (Lipinski definition) is 2. The maximum atomic E-state index is 10.3. The molecule has 1 rings (SSSR count). The van der Waals surface area contributed by atoms with E-state index in [0.717, 1.165) is 5.56 Å². The van der Waals surface area contributed by atoms with Crippen molar-refractivity contribution in [2.75, 3.05) is 0 Å². The molecule has 5 nitrogen and oxygen atoms in total. The monoisotopic (exact) mass is 198 g/mol. The molecule has 0 saturated carbocycles. The van der Waals surface area contributed by atoms with Gasteiger partial charge in [0.25, 0.3) is 0 Å². The number of carboxylic acids is 1. The summed E-state index contributed by atoms with van der Waals surface area (Å²) in [5.74, 6) is -0.875. The lowest BCUT2D eigenvalue weighted by Crippen LogP contribution is -1.94. The van der Waals surface area contributed by atoms with E-state index < -0.39 is 5.97 Å². The van der Waals surface area contributed by atoms with Crippen LogP contribution in [0.2, 0.25) is 0 Å². The van der Waals surface area contributed by atoms with Gasteiger partial charge in [-0.15, -0.1) is 0 Å². The van der Waals surface area contributed by atoms with Gasteiger partial charge < -0.3 is 9.99 Å². The maximum absolute atomic E-state index is 10.3. The number of carbonyl (C=O) groups excluding carboxylic acids is 1. The Morgan fingerprint density at radius 3 is 2.07 bits per heavy atom. The summed E-state index contributed by atoms with van der Waals surface area (Å²) in [5, 5.41) is 15.5. The molecule has 0 radical (unpaired) electrons. The van der Waals surface area contributed by atoms with Crippen LogP contribution in [0.4, 0.5) is 0 Å². The van der Waals surface area contributed by atoms with E-state index in [4.69, 9.17) is 15.2 Å². The first-order valence-corrected chi connectivity index (χ1v) is 3.65. The van der Waals surface area contributed by atoms with Crippen LogP contribution in [0, 0.1) is 6.92 Å². The number of rotatable bonds is 2. The fraction of sp³-hybridized carbons (Fsp3) is 0.111. The van der Waals surface area contributed by atoms with Crippen LogP contribution < -0.4 is 0 Å². The zero-order chi connectivity index (χ0) is 11.0. The van der Waals surface area contributed by atoms with Crippen LogP contribution in [-0.4, -0.2) is 22.8 Å². The maximum Gasteiger partial charge on any atom is 0.335 e. The normalized spacial score (nSPS) is 8.14. The largest absolute Gasteiger partial charge is 0.478 e. The highest BCUT2D eigenvalue weighted by Gasteiger charge is 1.98. The Labute approximate surface area is 80.5 Å². The summed E-state index contributed by atoms with van der Waals surface area (Å²) in [6, 6.07) is 6.75. The van der Waals surface area contributed by atoms with Crippen LogP contribution in [0.3, 0.4) is 0 Å². The van der Waals surface area contributed by atoms with Crippen molar-refractivity contribution in [3.63, 3.8) is 0 Å². The molecular formula is C9H10O5. The van der Waals surface area contributed by atoms with Crippen LogP contribution in [0.1, 0.15) is 15.9 Å². The Bertz CT molecular complexity index is 291. The third kappa shape index (κ3) is 4.89. The first-order chi connectivity index (χ1) is 6.61. The van der Waals surface area contributed by atoms with E-state index in [1.165, 1.54) is 0 Å². The molecule has 0 bridgehead atoms. The highest BCUT2D eigenvalue weighted by atomic mass is 17.1. The molecule has 0 atom stereocenters. The molecule has 0 unspecified atom stereocenters. The van der Waals surface area contributed by atoms with Gasteiger partial charge in [0, 0.05) is 0 Å². The van der Waals surface area contributed by atoms with Crippen LogP contribution in [0.15, 0.2) is 24.3 Å². The van der Waals surface area contributed by atoms with Gasteiger partial charge in [-0.1, -0.05) is 17.7 Å². The zero-order valence-electron chi connectivity index (χ0n) is 7.51. The number of benzene rings is 1. The molecule has 0 spiro atoms. The first-order valence-electron chi connectivity index (χ1n) is 3.65. The van der Waals surface area contributed by atoms with Gasteiger partial charge in [-0.2, -0.15) is 0 Å². The number of aromatic carboxylic acids is 1. The van der Waals surface area contributed by atoms with E-state index in [9.17, 15) is 4.79 Å². The summed E-state index contributed by atoms with van der Waals surface area (Å²) in [4.78, 5) is 21.9. The summed E-state index contributed by atoms with van der Waals surface area (Å²) < 4.78 is 0. The molecule has 1 aromatic rings. The third-order valence-corrected chi connectivity index (χ3v) is 1.34. The lowest BCUT2D eigenvalue weighted by Gasteiger charge is -1.92. The number of carbonyl (C=O) groups is 2. The highest BCUT2D eigenvalue weighted by Crippen LogP contribution is 2.01. The number of aryl methyl sites for hydroxylation is 1. The quantitative estimate of drug-likeness (QED) is 0.425. The van der Waals surface area contributed by atoms with Crippen LogP contribution in [-0.2, 0) is 9.68 Å². The highest BCUT2D eigenvalue weighted by molar-refractivity contribution is 5.87. The Morgan fingerprint density at radius 2 is 1.79 bits per heavy atom. The molecule has 2 N–H and O–H groups in total. The van der Waals surface area contributed by atoms with Crippen molar-refractivity contribution in [1.82, 2.24) is 0 Å². The van der Waals surface area contributed by atoms with E-state index in [2.05, 4.69) is 4.89 Å². The number of carboxylic acid groups (broad SMARTS) is 1. The minimum absolute atomic E-state index is 0.0694. The van der Waals surface area contributed by atoms with E-state index in [1.807, 2.05) is 6.92 Å². The summed E-state index contributed by atoms with van der Waals surface area (Å²) in [6.45, 7) is 1.85. The Balaban J connectivity index is 0.000000364. The summed E-state index contributed by atoms with van der Waals surface area (Å²) in [7, 11) is 0. The molecule has 14 heavy (non-hydrogen) atoms. The van der Waals surface area contributed by atoms with Crippen molar-refractivity contribution in [2.45, 2.75) is 6.92 Å².